The maximum atomic E-state index is 13.5. The number of aromatic nitrogens is 2. The van der Waals surface area contributed by atoms with E-state index in [1.54, 1.807) is 0 Å². The van der Waals surface area contributed by atoms with Crippen molar-refractivity contribution in [3.63, 3.8) is 0 Å². The van der Waals surface area contributed by atoms with E-state index in [1.165, 1.54) is 12.1 Å². The van der Waals surface area contributed by atoms with Crippen LogP contribution in [0.15, 0.2) is 12.1 Å². The first-order chi connectivity index (χ1) is 8.08. The average Bonchev–Trinajstić information content (AvgIpc) is 2.59. The fourth-order valence-electron chi connectivity index (χ4n) is 2.15. The lowest BCUT2D eigenvalue weighted by molar-refractivity contribution is 0.488. The van der Waals surface area contributed by atoms with Gasteiger partial charge in [-0.25, -0.2) is 9.37 Å². The Morgan fingerprint density at radius 2 is 2.06 bits per heavy atom. The predicted octanol–water partition coefficient (Wildman–Crippen LogP) is 3.77. The number of halogens is 2. The van der Waals surface area contributed by atoms with E-state index in [4.69, 9.17) is 17.3 Å². The van der Waals surface area contributed by atoms with Gasteiger partial charge in [0.05, 0.1) is 16.1 Å². The maximum absolute atomic E-state index is 13.5. The summed E-state index contributed by atoms with van der Waals surface area (Å²) >= 11 is 5.73. The molecule has 92 valence electrons. The lowest BCUT2D eigenvalue weighted by Gasteiger charge is -2.16. The number of rotatable bonds is 3. The van der Waals surface area contributed by atoms with E-state index in [0.717, 1.165) is 12.8 Å². The van der Waals surface area contributed by atoms with E-state index < -0.39 is 5.82 Å². The number of imidazole rings is 1. The van der Waals surface area contributed by atoms with Crippen LogP contribution in [-0.4, -0.2) is 9.55 Å². The van der Waals surface area contributed by atoms with Crippen LogP contribution >= 0.6 is 11.6 Å². The Balaban J connectivity index is 2.70. The van der Waals surface area contributed by atoms with E-state index in [2.05, 4.69) is 18.8 Å². The number of fused-ring (bicyclic) bond motifs is 1. The molecule has 1 aromatic heterocycles. The molecule has 0 aliphatic rings. The SMILES string of the molecule is CCC(CC)n1c(N)nc2cc(Cl)c(F)cc21. The molecule has 0 bridgehead atoms. The van der Waals surface area contributed by atoms with Gasteiger partial charge in [0.15, 0.2) is 0 Å². The van der Waals surface area contributed by atoms with Gasteiger partial charge < -0.3 is 10.3 Å². The molecule has 5 heteroatoms. The monoisotopic (exact) mass is 255 g/mol. The summed E-state index contributed by atoms with van der Waals surface area (Å²) in [5, 5.41) is 0.0756. The first-order valence-electron chi connectivity index (χ1n) is 5.70. The first kappa shape index (κ1) is 12.2. The third-order valence-electron chi connectivity index (χ3n) is 3.07. The Kier molecular flexibility index (Phi) is 3.24. The standard InChI is InChI=1S/C12H15ClFN3/c1-3-7(4-2)17-11-6-9(14)8(13)5-10(11)16-12(17)15/h5-7H,3-4H2,1-2H3,(H2,15,16). The van der Waals surface area contributed by atoms with Gasteiger partial charge >= 0.3 is 0 Å². The molecule has 0 atom stereocenters. The molecule has 0 aliphatic heterocycles. The van der Waals surface area contributed by atoms with Crippen LogP contribution < -0.4 is 5.73 Å². The summed E-state index contributed by atoms with van der Waals surface area (Å²) in [4.78, 5) is 4.22. The van der Waals surface area contributed by atoms with Crippen molar-refractivity contribution in [2.75, 3.05) is 5.73 Å². The van der Waals surface area contributed by atoms with Crippen molar-refractivity contribution in [3.05, 3.63) is 23.0 Å². The van der Waals surface area contributed by atoms with Gasteiger partial charge in [-0.3, -0.25) is 0 Å². The molecule has 0 radical (unpaired) electrons. The van der Waals surface area contributed by atoms with Crippen molar-refractivity contribution < 1.29 is 4.39 Å². The Morgan fingerprint density at radius 3 is 2.65 bits per heavy atom. The summed E-state index contributed by atoms with van der Waals surface area (Å²) in [5.74, 6) is -0.0263. The summed E-state index contributed by atoms with van der Waals surface area (Å²) in [5.41, 5.74) is 7.24. The number of nitrogens with zero attached hydrogens (tertiary/aromatic N) is 2. The third kappa shape index (κ3) is 1.97. The zero-order valence-electron chi connectivity index (χ0n) is 9.87. The Hall–Kier alpha value is -1.29. The highest BCUT2D eigenvalue weighted by Gasteiger charge is 2.16. The second-order valence-corrected chi connectivity index (χ2v) is 4.47. The molecule has 0 fully saturated rings. The molecule has 2 rings (SSSR count). The lowest BCUT2D eigenvalue weighted by atomic mass is 10.1. The molecule has 2 N–H and O–H groups in total. The largest absolute Gasteiger partial charge is 0.369 e. The van der Waals surface area contributed by atoms with Gasteiger partial charge in [-0.05, 0) is 18.9 Å². The second-order valence-electron chi connectivity index (χ2n) is 4.07. The van der Waals surface area contributed by atoms with Gasteiger partial charge in [-0.2, -0.15) is 0 Å². The maximum Gasteiger partial charge on any atom is 0.201 e. The average molecular weight is 256 g/mol. The van der Waals surface area contributed by atoms with Crippen LogP contribution in [0.2, 0.25) is 5.02 Å². The molecule has 0 spiro atoms. The molecule has 2 aromatic rings. The van der Waals surface area contributed by atoms with Crippen LogP contribution in [0.3, 0.4) is 0 Å². The normalized spacial score (nSPS) is 11.6. The predicted molar refractivity (Wildman–Crippen MR) is 68.7 cm³/mol. The van der Waals surface area contributed by atoms with Crippen LogP contribution in [0.1, 0.15) is 32.7 Å². The highest BCUT2D eigenvalue weighted by molar-refractivity contribution is 6.31. The van der Waals surface area contributed by atoms with E-state index in [9.17, 15) is 4.39 Å². The van der Waals surface area contributed by atoms with Crippen LogP contribution in [-0.2, 0) is 0 Å². The molecule has 0 saturated heterocycles. The number of anilines is 1. The Bertz CT molecular complexity index is 546. The fraction of sp³-hybridized carbons (Fsp3) is 0.417. The number of nitrogens with two attached hydrogens (primary N) is 1. The zero-order chi connectivity index (χ0) is 12.6. The van der Waals surface area contributed by atoms with Crippen LogP contribution in [0, 0.1) is 5.82 Å². The Morgan fingerprint density at radius 1 is 1.41 bits per heavy atom. The summed E-state index contributed by atoms with van der Waals surface area (Å²) in [6, 6.07) is 3.15. The molecule has 0 amide bonds. The lowest BCUT2D eigenvalue weighted by Crippen LogP contribution is -2.10. The minimum absolute atomic E-state index is 0.0756. The van der Waals surface area contributed by atoms with Crippen molar-refractivity contribution in [3.8, 4) is 0 Å². The third-order valence-corrected chi connectivity index (χ3v) is 3.36. The summed E-state index contributed by atoms with van der Waals surface area (Å²) in [6.45, 7) is 4.15. The summed E-state index contributed by atoms with van der Waals surface area (Å²) < 4.78 is 15.4. The highest BCUT2D eigenvalue weighted by Crippen LogP contribution is 2.29. The van der Waals surface area contributed by atoms with E-state index in [1.807, 2.05) is 4.57 Å². The van der Waals surface area contributed by atoms with Crippen molar-refractivity contribution >= 4 is 28.6 Å². The number of nitrogen functional groups attached to an aromatic ring is 1. The zero-order valence-corrected chi connectivity index (χ0v) is 10.6. The second kappa shape index (κ2) is 4.53. The van der Waals surface area contributed by atoms with E-state index in [-0.39, 0.29) is 11.1 Å². The van der Waals surface area contributed by atoms with Gasteiger partial charge in [-0.15, -0.1) is 0 Å². The molecular weight excluding hydrogens is 241 g/mol. The fourth-order valence-corrected chi connectivity index (χ4v) is 2.30. The van der Waals surface area contributed by atoms with Crippen molar-refractivity contribution in [2.24, 2.45) is 0 Å². The number of benzene rings is 1. The van der Waals surface area contributed by atoms with Gasteiger partial charge in [0.25, 0.3) is 0 Å². The van der Waals surface area contributed by atoms with Crippen LogP contribution in [0.25, 0.3) is 11.0 Å². The Labute approximate surface area is 104 Å². The van der Waals surface area contributed by atoms with Gasteiger partial charge in [0.2, 0.25) is 5.95 Å². The molecule has 1 heterocycles. The van der Waals surface area contributed by atoms with Crippen LogP contribution in [0.4, 0.5) is 10.3 Å². The molecule has 3 nitrogen and oxygen atoms in total. The molecule has 0 saturated carbocycles. The molecular formula is C12H15ClFN3. The van der Waals surface area contributed by atoms with E-state index >= 15 is 0 Å². The van der Waals surface area contributed by atoms with E-state index in [0.29, 0.717) is 17.0 Å². The van der Waals surface area contributed by atoms with Gasteiger partial charge in [0, 0.05) is 12.1 Å². The molecule has 1 aromatic carbocycles. The first-order valence-corrected chi connectivity index (χ1v) is 6.08. The minimum atomic E-state index is -0.439. The van der Waals surface area contributed by atoms with Crippen molar-refractivity contribution in [1.29, 1.82) is 0 Å². The highest BCUT2D eigenvalue weighted by atomic mass is 35.5. The van der Waals surface area contributed by atoms with Crippen molar-refractivity contribution in [2.45, 2.75) is 32.7 Å². The quantitative estimate of drug-likeness (QED) is 0.907. The number of hydrogen-bond donors (Lipinski definition) is 1. The molecule has 0 unspecified atom stereocenters. The minimum Gasteiger partial charge on any atom is -0.369 e. The van der Waals surface area contributed by atoms with Crippen LogP contribution in [0.5, 0.6) is 0 Å². The smallest absolute Gasteiger partial charge is 0.201 e. The summed E-state index contributed by atoms with van der Waals surface area (Å²) in [6.07, 6.45) is 1.85. The summed E-state index contributed by atoms with van der Waals surface area (Å²) in [7, 11) is 0. The number of hydrogen-bond acceptors (Lipinski definition) is 2. The van der Waals surface area contributed by atoms with Crippen molar-refractivity contribution in [1.82, 2.24) is 9.55 Å². The topological polar surface area (TPSA) is 43.8 Å². The molecule has 0 aliphatic carbocycles. The molecule has 17 heavy (non-hydrogen) atoms. The van der Waals surface area contributed by atoms with Gasteiger partial charge in [0.1, 0.15) is 5.82 Å². The van der Waals surface area contributed by atoms with Gasteiger partial charge in [-0.1, -0.05) is 25.4 Å².